The summed E-state index contributed by atoms with van der Waals surface area (Å²) >= 11 is 0. The van der Waals surface area contributed by atoms with Gasteiger partial charge in [0.25, 0.3) is 0 Å². The third-order valence-corrected chi connectivity index (χ3v) is 5.75. The zero-order chi connectivity index (χ0) is 17.4. The molecule has 5 nitrogen and oxygen atoms in total. The highest BCUT2D eigenvalue weighted by Gasteiger charge is 2.25. The van der Waals surface area contributed by atoms with Crippen LogP contribution in [0.25, 0.3) is 0 Å². The third kappa shape index (κ3) is 7.21. The lowest BCUT2D eigenvalue weighted by Gasteiger charge is -2.30. The van der Waals surface area contributed by atoms with Gasteiger partial charge >= 0.3 is 0 Å². The molecule has 148 valence electrons. The number of guanidine groups is 1. The highest BCUT2D eigenvalue weighted by molar-refractivity contribution is 14.0. The van der Waals surface area contributed by atoms with Gasteiger partial charge in [-0.1, -0.05) is 19.8 Å². The van der Waals surface area contributed by atoms with E-state index in [4.69, 9.17) is 4.99 Å². The smallest absolute Gasteiger partial charge is 0.193 e. The maximum Gasteiger partial charge on any atom is 0.193 e. The number of nitrogens with zero attached hydrogens (tertiary/aromatic N) is 4. The van der Waals surface area contributed by atoms with Gasteiger partial charge in [-0.05, 0) is 52.7 Å². The van der Waals surface area contributed by atoms with Gasteiger partial charge in [0.15, 0.2) is 5.96 Å². The van der Waals surface area contributed by atoms with Crippen LogP contribution >= 0.6 is 24.0 Å². The summed E-state index contributed by atoms with van der Waals surface area (Å²) in [6.45, 7) is 10.8. The summed E-state index contributed by atoms with van der Waals surface area (Å²) in [5, 5.41) is 3.47. The first-order valence-corrected chi connectivity index (χ1v) is 10.1. The van der Waals surface area contributed by atoms with Gasteiger partial charge in [-0.15, -0.1) is 24.0 Å². The molecule has 2 fully saturated rings. The topological polar surface area (TPSA) is 34.1 Å². The Morgan fingerprint density at radius 2 is 1.84 bits per heavy atom. The number of aliphatic imine (C=N–C) groups is 1. The predicted octanol–water partition coefficient (Wildman–Crippen LogP) is 2.86. The normalized spacial score (nSPS) is 22.4. The van der Waals surface area contributed by atoms with E-state index < -0.39 is 0 Å². The van der Waals surface area contributed by atoms with E-state index in [2.05, 4.69) is 48.0 Å². The SMILES string of the molecule is CCNC(=NCCN(C)C1CCCC1)N(C)CC1CCCN1CC.I. The number of rotatable bonds is 8. The number of nitrogens with one attached hydrogen (secondary N) is 1. The van der Waals surface area contributed by atoms with E-state index >= 15 is 0 Å². The monoisotopic (exact) mass is 465 g/mol. The maximum atomic E-state index is 4.89. The van der Waals surface area contributed by atoms with E-state index in [0.29, 0.717) is 6.04 Å². The van der Waals surface area contributed by atoms with Gasteiger partial charge in [-0.25, -0.2) is 0 Å². The van der Waals surface area contributed by atoms with Crippen LogP contribution in [0.3, 0.4) is 0 Å². The Morgan fingerprint density at radius 1 is 1.12 bits per heavy atom. The first-order valence-electron chi connectivity index (χ1n) is 10.1. The molecule has 0 aromatic heterocycles. The Morgan fingerprint density at radius 3 is 2.48 bits per heavy atom. The van der Waals surface area contributed by atoms with Gasteiger partial charge in [-0.2, -0.15) is 0 Å². The summed E-state index contributed by atoms with van der Waals surface area (Å²) < 4.78 is 0. The molecule has 1 aliphatic heterocycles. The Hall–Kier alpha value is -0.0800. The van der Waals surface area contributed by atoms with Crippen molar-refractivity contribution in [1.29, 1.82) is 0 Å². The third-order valence-electron chi connectivity index (χ3n) is 5.75. The lowest BCUT2D eigenvalue weighted by atomic mass is 10.2. The number of likely N-dealkylation sites (tertiary alicyclic amines) is 1. The van der Waals surface area contributed by atoms with Crippen LogP contribution in [0.4, 0.5) is 0 Å². The molecule has 1 aliphatic carbocycles. The average Bonchev–Trinajstić information content (AvgIpc) is 3.25. The maximum absolute atomic E-state index is 4.89. The highest BCUT2D eigenvalue weighted by Crippen LogP contribution is 2.22. The van der Waals surface area contributed by atoms with Crippen molar-refractivity contribution in [2.75, 3.05) is 53.4 Å². The van der Waals surface area contributed by atoms with Crippen LogP contribution in [-0.2, 0) is 0 Å². The van der Waals surface area contributed by atoms with E-state index in [9.17, 15) is 0 Å². The zero-order valence-corrected chi connectivity index (χ0v) is 19.2. The summed E-state index contributed by atoms with van der Waals surface area (Å²) in [5.74, 6) is 1.07. The molecule has 0 amide bonds. The van der Waals surface area contributed by atoms with E-state index in [0.717, 1.165) is 38.2 Å². The number of hydrogen-bond donors (Lipinski definition) is 1. The van der Waals surface area contributed by atoms with Crippen molar-refractivity contribution in [2.45, 2.75) is 64.5 Å². The number of hydrogen-bond acceptors (Lipinski definition) is 3. The molecule has 25 heavy (non-hydrogen) atoms. The average molecular weight is 465 g/mol. The Labute approximate surface area is 172 Å². The fourth-order valence-electron chi connectivity index (χ4n) is 4.23. The van der Waals surface area contributed by atoms with Crippen molar-refractivity contribution in [3.63, 3.8) is 0 Å². The molecular weight excluding hydrogens is 425 g/mol. The first-order chi connectivity index (χ1) is 11.7. The number of likely N-dealkylation sites (N-methyl/N-ethyl adjacent to an activating group) is 3. The fraction of sp³-hybridized carbons (Fsp3) is 0.947. The quantitative estimate of drug-likeness (QED) is 0.340. The molecule has 0 aromatic rings. The highest BCUT2D eigenvalue weighted by atomic mass is 127. The molecule has 0 aromatic carbocycles. The van der Waals surface area contributed by atoms with Crippen LogP contribution in [0.15, 0.2) is 4.99 Å². The van der Waals surface area contributed by atoms with Crippen LogP contribution in [0.5, 0.6) is 0 Å². The zero-order valence-electron chi connectivity index (χ0n) is 16.8. The minimum Gasteiger partial charge on any atom is -0.357 e. The Kier molecular flexibility index (Phi) is 11.3. The molecule has 1 saturated heterocycles. The van der Waals surface area contributed by atoms with Crippen molar-refractivity contribution < 1.29 is 0 Å². The molecule has 2 aliphatic rings. The van der Waals surface area contributed by atoms with Gasteiger partial charge in [0.2, 0.25) is 0 Å². The molecule has 6 heteroatoms. The van der Waals surface area contributed by atoms with E-state index in [1.54, 1.807) is 0 Å². The Balaban J connectivity index is 0.00000312. The predicted molar refractivity (Wildman–Crippen MR) is 119 cm³/mol. The van der Waals surface area contributed by atoms with Gasteiger partial charge in [-0.3, -0.25) is 9.89 Å². The standard InChI is InChI=1S/C19H39N5.HI/c1-5-20-19(21-13-15-22(3)17-10-7-8-11-17)23(4)16-18-12-9-14-24(18)6-2;/h17-18H,5-16H2,1-4H3,(H,20,21);1H. The van der Waals surface area contributed by atoms with Crippen LogP contribution in [0, 0.1) is 0 Å². The molecule has 1 heterocycles. The molecule has 0 bridgehead atoms. The van der Waals surface area contributed by atoms with Crippen molar-refractivity contribution >= 4 is 29.9 Å². The van der Waals surface area contributed by atoms with Crippen LogP contribution in [0.2, 0.25) is 0 Å². The molecule has 1 saturated carbocycles. The number of halogens is 1. The molecule has 2 rings (SSSR count). The second kappa shape index (κ2) is 12.3. The second-order valence-electron chi connectivity index (χ2n) is 7.46. The molecule has 1 unspecified atom stereocenters. The molecular formula is C19H40IN5. The van der Waals surface area contributed by atoms with E-state index in [1.807, 2.05) is 0 Å². The second-order valence-corrected chi connectivity index (χ2v) is 7.46. The van der Waals surface area contributed by atoms with Gasteiger partial charge in [0, 0.05) is 38.8 Å². The summed E-state index contributed by atoms with van der Waals surface area (Å²) in [4.78, 5) is 12.3. The van der Waals surface area contributed by atoms with Gasteiger partial charge < -0.3 is 15.1 Å². The molecule has 0 spiro atoms. The first kappa shape index (κ1) is 23.0. The van der Waals surface area contributed by atoms with E-state index in [1.165, 1.54) is 51.6 Å². The van der Waals surface area contributed by atoms with Crippen molar-refractivity contribution in [3.8, 4) is 0 Å². The minimum atomic E-state index is 0. The molecule has 1 N–H and O–H groups in total. The fourth-order valence-corrected chi connectivity index (χ4v) is 4.23. The van der Waals surface area contributed by atoms with Crippen LogP contribution < -0.4 is 5.32 Å². The summed E-state index contributed by atoms with van der Waals surface area (Å²) in [6, 6.07) is 1.47. The lowest BCUT2D eigenvalue weighted by Crippen LogP contribution is -2.46. The largest absolute Gasteiger partial charge is 0.357 e. The molecule has 0 radical (unpaired) electrons. The minimum absolute atomic E-state index is 0. The Bertz CT molecular complexity index is 384. The van der Waals surface area contributed by atoms with Crippen molar-refractivity contribution in [1.82, 2.24) is 20.0 Å². The summed E-state index contributed by atoms with van der Waals surface area (Å²) in [5.41, 5.74) is 0. The van der Waals surface area contributed by atoms with Crippen LogP contribution in [-0.4, -0.2) is 86.1 Å². The van der Waals surface area contributed by atoms with Gasteiger partial charge in [0.1, 0.15) is 0 Å². The lowest BCUT2D eigenvalue weighted by molar-refractivity contribution is 0.232. The summed E-state index contributed by atoms with van der Waals surface area (Å²) in [6.07, 6.45) is 8.20. The van der Waals surface area contributed by atoms with Crippen molar-refractivity contribution in [2.24, 2.45) is 4.99 Å². The van der Waals surface area contributed by atoms with E-state index in [-0.39, 0.29) is 24.0 Å². The van der Waals surface area contributed by atoms with Crippen molar-refractivity contribution in [3.05, 3.63) is 0 Å². The molecule has 1 atom stereocenters. The van der Waals surface area contributed by atoms with Gasteiger partial charge in [0.05, 0.1) is 6.54 Å². The van der Waals surface area contributed by atoms with Crippen LogP contribution in [0.1, 0.15) is 52.4 Å². The summed E-state index contributed by atoms with van der Waals surface area (Å²) in [7, 11) is 4.45.